The highest BCUT2D eigenvalue weighted by Gasteiger charge is 2.12. The Morgan fingerprint density at radius 1 is 0.810 bits per heavy atom. The minimum Gasteiger partial charge on any atom is -0.392 e. The molecule has 0 aliphatic rings. The van der Waals surface area contributed by atoms with Gasteiger partial charge in [0.15, 0.2) is 0 Å². The molecule has 1 aromatic heterocycles. The molecule has 0 spiro atoms. The molecule has 0 atom stereocenters. The first kappa shape index (κ1) is 13.5. The van der Waals surface area contributed by atoms with Gasteiger partial charge >= 0.3 is 0 Å². The number of aliphatic hydroxyl groups excluding tert-OH is 1. The van der Waals surface area contributed by atoms with Crippen molar-refractivity contribution >= 4 is 0 Å². The first-order valence-corrected chi connectivity index (χ1v) is 6.72. The molecule has 3 rings (SSSR count). The average Bonchev–Trinajstić information content (AvgIpc) is 3.04. The minimum absolute atomic E-state index is 0.0342. The second kappa shape index (κ2) is 5.87. The summed E-state index contributed by atoms with van der Waals surface area (Å²) >= 11 is 0. The first-order chi connectivity index (χ1) is 10.3. The van der Waals surface area contributed by atoms with Crippen LogP contribution in [-0.4, -0.2) is 20.5 Å². The van der Waals surface area contributed by atoms with E-state index in [0.717, 1.165) is 33.6 Å². The van der Waals surface area contributed by atoms with Gasteiger partial charge in [-0.05, 0) is 11.1 Å². The van der Waals surface area contributed by atoms with E-state index in [4.69, 9.17) is 10.8 Å². The zero-order chi connectivity index (χ0) is 14.7. The van der Waals surface area contributed by atoms with E-state index in [-0.39, 0.29) is 6.61 Å². The van der Waals surface area contributed by atoms with Gasteiger partial charge in [-0.25, -0.2) is 0 Å². The number of nitrogens with two attached hydrogens (primary N) is 1. The second-order valence-electron chi connectivity index (χ2n) is 4.78. The van der Waals surface area contributed by atoms with Crippen molar-refractivity contribution in [1.82, 2.24) is 15.4 Å². The lowest BCUT2D eigenvalue weighted by atomic mass is 10.0. The Hall–Kier alpha value is -2.50. The van der Waals surface area contributed by atoms with Crippen LogP contribution in [0.25, 0.3) is 22.5 Å². The summed E-state index contributed by atoms with van der Waals surface area (Å²) in [5.41, 5.74) is 11.1. The van der Waals surface area contributed by atoms with E-state index in [9.17, 15) is 0 Å². The third kappa shape index (κ3) is 2.69. The van der Waals surface area contributed by atoms with Gasteiger partial charge in [0.2, 0.25) is 0 Å². The molecule has 0 fully saturated rings. The van der Waals surface area contributed by atoms with Crippen molar-refractivity contribution in [2.45, 2.75) is 13.2 Å². The number of aromatic amines is 1. The Labute approximate surface area is 122 Å². The van der Waals surface area contributed by atoms with Crippen LogP contribution in [0.1, 0.15) is 11.1 Å². The van der Waals surface area contributed by atoms with Gasteiger partial charge in [-0.2, -0.15) is 15.4 Å². The molecule has 21 heavy (non-hydrogen) atoms. The SMILES string of the molecule is NCc1ccc(-c2n[nH]nc2-c2ccc(CO)cc2)cc1. The Morgan fingerprint density at radius 3 is 1.71 bits per heavy atom. The average molecular weight is 280 g/mol. The highest BCUT2D eigenvalue weighted by molar-refractivity contribution is 5.77. The molecule has 5 nitrogen and oxygen atoms in total. The number of hydrogen-bond donors (Lipinski definition) is 3. The summed E-state index contributed by atoms with van der Waals surface area (Å²) in [6, 6.07) is 15.6. The summed E-state index contributed by atoms with van der Waals surface area (Å²) in [5.74, 6) is 0. The van der Waals surface area contributed by atoms with Crippen LogP contribution in [0, 0.1) is 0 Å². The summed E-state index contributed by atoms with van der Waals surface area (Å²) in [6.45, 7) is 0.557. The lowest BCUT2D eigenvalue weighted by molar-refractivity contribution is 0.282. The Morgan fingerprint density at radius 2 is 1.29 bits per heavy atom. The van der Waals surface area contributed by atoms with Crippen LogP contribution in [0.4, 0.5) is 0 Å². The monoisotopic (exact) mass is 280 g/mol. The van der Waals surface area contributed by atoms with Gasteiger partial charge in [-0.1, -0.05) is 48.5 Å². The van der Waals surface area contributed by atoms with Crippen molar-refractivity contribution in [2.24, 2.45) is 5.73 Å². The molecule has 5 heteroatoms. The molecule has 0 unspecified atom stereocenters. The van der Waals surface area contributed by atoms with Gasteiger partial charge in [-0.15, -0.1) is 0 Å². The predicted molar refractivity (Wildman–Crippen MR) is 81.1 cm³/mol. The van der Waals surface area contributed by atoms with E-state index in [1.54, 1.807) is 0 Å². The van der Waals surface area contributed by atoms with Crippen molar-refractivity contribution in [3.63, 3.8) is 0 Å². The lowest BCUT2D eigenvalue weighted by Gasteiger charge is -2.03. The van der Waals surface area contributed by atoms with E-state index in [0.29, 0.717) is 6.54 Å². The van der Waals surface area contributed by atoms with Gasteiger partial charge in [-0.3, -0.25) is 0 Å². The van der Waals surface area contributed by atoms with E-state index in [2.05, 4.69) is 15.4 Å². The number of aliphatic hydroxyl groups is 1. The third-order valence-corrected chi connectivity index (χ3v) is 3.42. The van der Waals surface area contributed by atoms with Crippen molar-refractivity contribution < 1.29 is 5.11 Å². The molecule has 2 aromatic carbocycles. The maximum Gasteiger partial charge on any atom is 0.120 e. The fourth-order valence-corrected chi connectivity index (χ4v) is 2.20. The molecule has 1 heterocycles. The summed E-state index contributed by atoms with van der Waals surface area (Å²) in [5, 5.41) is 20.3. The summed E-state index contributed by atoms with van der Waals surface area (Å²) in [4.78, 5) is 0. The zero-order valence-corrected chi connectivity index (χ0v) is 11.5. The van der Waals surface area contributed by atoms with Gasteiger partial charge in [0.1, 0.15) is 11.4 Å². The number of benzene rings is 2. The van der Waals surface area contributed by atoms with E-state index >= 15 is 0 Å². The summed E-state index contributed by atoms with van der Waals surface area (Å²) in [7, 11) is 0. The molecule has 0 amide bonds. The second-order valence-corrected chi connectivity index (χ2v) is 4.78. The molecule has 0 saturated heterocycles. The van der Waals surface area contributed by atoms with Crippen LogP contribution in [0.3, 0.4) is 0 Å². The molecular weight excluding hydrogens is 264 g/mol. The first-order valence-electron chi connectivity index (χ1n) is 6.72. The van der Waals surface area contributed by atoms with Crippen molar-refractivity contribution in [2.75, 3.05) is 0 Å². The Bertz CT molecular complexity index is 655. The number of nitrogens with one attached hydrogen (secondary N) is 1. The van der Waals surface area contributed by atoms with Crippen LogP contribution in [0.2, 0.25) is 0 Å². The fraction of sp³-hybridized carbons (Fsp3) is 0.125. The van der Waals surface area contributed by atoms with Crippen LogP contribution in [0.15, 0.2) is 48.5 Å². The van der Waals surface area contributed by atoms with Crippen molar-refractivity contribution in [1.29, 1.82) is 0 Å². The highest BCUT2D eigenvalue weighted by atomic mass is 16.3. The van der Waals surface area contributed by atoms with Crippen LogP contribution < -0.4 is 5.73 Å². The van der Waals surface area contributed by atoms with Crippen LogP contribution in [0.5, 0.6) is 0 Å². The molecule has 3 aromatic rings. The molecular formula is C16H16N4O. The van der Waals surface area contributed by atoms with E-state index in [1.807, 2.05) is 48.5 Å². The van der Waals surface area contributed by atoms with Gasteiger partial charge in [0, 0.05) is 17.7 Å². The van der Waals surface area contributed by atoms with Crippen LogP contribution >= 0.6 is 0 Å². The van der Waals surface area contributed by atoms with Gasteiger partial charge < -0.3 is 10.8 Å². The topological polar surface area (TPSA) is 87.8 Å². The zero-order valence-electron chi connectivity index (χ0n) is 11.5. The maximum absolute atomic E-state index is 9.10. The Kier molecular flexibility index (Phi) is 3.77. The molecule has 0 bridgehead atoms. The lowest BCUT2D eigenvalue weighted by Crippen LogP contribution is -1.95. The van der Waals surface area contributed by atoms with Gasteiger partial charge in [0.25, 0.3) is 0 Å². The number of nitrogens with zero attached hydrogens (tertiary/aromatic N) is 2. The highest BCUT2D eigenvalue weighted by Crippen LogP contribution is 2.28. The number of H-pyrrole nitrogens is 1. The normalized spacial score (nSPS) is 10.8. The van der Waals surface area contributed by atoms with E-state index in [1.165, 1.54) is 0 Å². The fourth-order valence-electron chi connectivity index (χ4n) is 2.20. The predicted octanol–water partition coefficient (Wildman–Crippen LogP) is 2.09. The van der Waals surface area contributed by atoms with Crippen molar-refractivity contribution in [3.05, 3.63) is 59.7 Å². The minimum atomic E-state index is 0.0342. The van der Waals surface area contributed by atoms with Gasteiger partial charge in [0.05, 0.1) is 6.61 Å². The molecule has 0 saturated carbocycles. The summed E-state index contributed by atoms with van der Waals surface area (Å²) in [6.07, 6.45) is 0. The number of rotatable bonds is 4. The van der Waals surface area contributed by atoms with Crippen LogP contribution in [-0.2, 0) is 13.2 Å². The Balaban J connectivity index is 1.99. The molecule has 0 aliphatic heterocycles. The molecule has 0 radical (unpaired) electrons. The smallest absolute Gasteiger partial charge is 0.120 e. The van der Waals surface area contributed by atoms with Crippen molar-refractivity contribution in [3.8, 4) is 22.5 Å². The third-order valence-electron chi connectivity index (χ3n) is 3.42. The summed E-state index contributed by atoms with van der Waals surface area (Å²) < 4.78 is 0. The standard InChI is InChI=1S/C16H16N4O/c17-9-11-1-5-13(6-2-11)15-16(19-20-18-15)14-7-3-12(10-21)4-8-14/h1-8,21H,9-10,17H2,(H,18,19,20). The molecule has 106 valence electrons. The number of aromatic nitrogens is 3. The molecule has 0 aliphatic carbocycles. The largest absolute Gasteiger partial charge is 0.392 e. The quantitative estimate of drug-likeness (QED) is 0.683. The molecule has 4 N–H and O–H groups in total. The maximum atomic E-state index is 9.10. The van der Waals surface area contributed by atoms with E-state index < -0.39 is 0 Å². The number of hydrogen-bond acceptors (Lipinski definition) is 4.